The summed E-state index contributed by atoms with van der Waals surface area (Å²) in [5.74, 6) is 0.759. The highest BCUT2D eigenvalue weighted by molar-refractivity contribution is 7.92. The lowest BCUT2D eigenvalue weighted by Gasteiger charge is -2.26. The van der Waals surface area contributed by atoms with E-state index in [0.29, 0.717) is 11.4 Å². The molecule has 0 bridgehead atoms. The Morgan fingerprint density at radius 2 is 1.93 bits per heavy atom. The second-order valence-electron chi connectivity index (χ2n) is 3.35. The quantitative estimate of drug-likeness (QED) is 0.724. The molecule has 1 aromatic carbocycles. The molecule has 0 saturated carbocycles. The monoisotopic (exact) mass is 213 g/mol. The van der Waals surface area contributed by atoms with Crippen molar-refractivity contribution < 1.29 is 13.2 Å². The number of nitrogens with two attached hydrogens (primary N) is 1. The number of sulfone groups is 1. The Balaban J connectivity index is 2.03. The van der Waals surface area contributed by atoms with Gasteiger partial charge in [0.1, 0.15) is 11.9 Å². The van der Waals surface area contributed by atoms with E-state index in [1.165, 1.54) is 0 Å². The molecule has 2 rings (SSSR count). The molecular formula is C9H11NO3S. The third kappa shape index (κ3) is 1.82. The van der Waals surface area contributed by atoms with Gasteiger partial charge in [-0.1, -0.05) is 12.1 Å². The fourth-order valence-electron chi connectivity index (χ4n) is 1.35. The van der Waals surface area contributed by atoms with Crippen molar-refractivity contribution in [2.75, 3.05) is 17.2 Å². The zero-order valence-corrected chi connectivity index (χ0v) is 8.33. The van der Waals surface area contributed by atoms with E-state index >= 15 is 0 Å². The SMILES string of the molecule is Nc1ccccc1OC1CS(=O)(=O)C1. The lowest BCUT2D eigenvalue weighted by Crippen LogP contribution is -2.45. The summed E-state index contributed by atoms with van der Waals surface area (Å²) in [6.07, 6.45) is -0.232. The molecule has 2 N–H and O–H groups in total. The van der Waals surface area contributed by atoms with E-state index in [1.807, 2.05) is 0 Å². The molecule has 0 atom stereocenters. The molecule has 1 aliphatic rings. The van der Waals surface area contributed by atoms with Crippen LogP contribution in [-0.4, -0.2) is 26.0 Å². The lowest BCUT2D eigenvalue weighted by molar-refractivity contribution is 0.231. The van der Waals surface area contributed by atoms with Crippen molar-refractivity contribution >= 4 is 15.5 Å². The van der Waals surface area contributed by atoms with Crippen molar-refractivity contribution in [1.29, 1.82) is 0 Å². The van der Waals surface area contributed by atoms with Gasteiger partial charge in [-0.2, -0.15) is 0 Å². The van der Waals surface area contributed by atoms with Gasteiger partial charge in [0.05, 0.1) is 17.2 Å². The Morgan fingerprint density at radius 3 is 2.50 bits per heavy atom. The van der Waals surface area contributed by atoms with Gasteiger partial charge in [0.15, 0.2) is 9.84 Å². The number of benzene rings is 1. The molecule has 1 aromatic rings. The average molecular weight is 213 g/mol. The number of rotatable bonds is 2. The van der Waals surface area contributed by atoms with Crippen LogP contribution in [0.3, 0.4) is 0 Å². The molecule has 1 heterocycles. The van der Waals surface area contributed by atoms with Gasteiger partial charge < -0.3 is 10.5 Å². The molecule has 0 unspecified atom stereocenters. The molecule has 0 amide bonds. The number of nitrogen functional groups attached to an aromatic ring is 1. The fraction of sp³-hybridized carbons (Fsp3) is 0.333. The molecule has 0 aromatic heterocycles. The fourth-order valence-corrected chi connectivity index (χ4v) is 2.52. The van der Waals surface area contributed by atoms with Gasteiger partial charge in [-0.25, -0.2) is 8.42 Å². The smallest absolute Gasteiger partial charge is 0.157 e. The van der Waals surface area contributed by atoms with Crippen LogP contribution in [0.25, 0.3) is 0 Å². The first-order chi connectivity index (χ1) is 6.57. The molecule has 0 aliphatic carbocycles. The number of ether oxygens (including phenoxy) is 1. The van der Waals surface area contributed by atoms with Crippen LogP contribution in [-0.2, 0) is 9.84 Å². The van der Waals surface area contributed by atoms with Crippen molar-refractivity contribution in [3.05, 3.63) is 24.3 Å². The first-order valence-corrected chi connectivity index (χ1v) is 6.10. The van der Waals surface area contributed by atoms with Gasteiger partial charge in [0.2, 0.25) is 0 Å². The largest absolute Gasteiger partial charge is 0.486 e. The van der Waals surface area contributed by atoms with Crippen LogP contribution in [0, 0.1) is 0 Å². The first kappa shape index (κ1) is 9.33. The summed E-state index contributed by atoms with van der Waals surface area (Å²) in [7, 11) is -2.83. The molecule has 1 fully saturated rings. The van der Waals surface area contributed by atoms with Gasteiger partial charge in [0.25, 0.3) is 0 Å². The second kappa shape index (κ2) is 3.16. The van der Waals surface area contributed by atoms with Gasteiger partial charge in [-0.15, -0.1) is 0 Å². The number of hydrogen-bond acceptors (Lipinski definition) is 4. The maximum Gasteiger partial charge on any atom is 0.157 e. The van der Waals surface area contributed by atoms with Gasteiger partial charge >= 0.3 is 0 Å². The van der Waals surface area contributed by atoms with Crippen LogP contribution in [0.4, 0.5) is 5.69 Å². The standard InChI is InChI=1S/C9H11NO3S/c10-8-3-1-2-4-9(8)13-7-5-14(11,12)6-7/h1-4,7H,5-6,10H2. The zero-order chi connectivity index (χ0) is 10.2. The molecule has 76 valence electrons. The maximum atomic E-state index is 10.9. The van der Waals surface area contributed by atoms with Gasteiger partial charge in [-0.05, 0) is 12.1 Å². The van der Waals surface area contributed by atoms with Crippen LogP contribution in [0.2, 0.25) is 0 Å². The number of hydrogen-bond donors (Lipinski definition) is 1. The zero-order valence-electron chi connectivity index (χ0n) is 7.51. The minimum Gasteiger partial charge on any atom is -0.486 e. The topological polar surface area (TPSA) is 69.4 Å². The highest BCUT2D eigenvalue weighted by Gasteiger charge is 2.35. The number of para-hydroxylation sites is 2. The van der Waals surface area contributed by atoms with Crippen molar-refractivity contribution in [2.24, 2.45) is 0 Å². The van der Waals surface area contributed by atoms with Crippen molar-refractivity contribution in [3.8, 4) is 5.75 Å². The molecule has 0 spiro atoms. The Hall–Kier alpha value is -1.23. The summed E-state index contributed by atoms with van der Waals surface area (Å²) in [5.41, 5.74) is 6.18. The second-order valence-corrected chi connectivity index (χ2v) is 5.51. The first-order valence-electron chi connectivity index (χ1n) is 4.28. The van der Waals surface area contributed by atoms with Crippen LogP contribution in [0.1, 0.15) is 0 Å². The normalized spacial score (nSPS) is 20.0. The van der Waals surface area contributed by atoms with E-state index < -0.39 is 9.84 Å². The summed E-state index contributed by atoms with van der Waals surface area (Å²) >= 11 is 0. The van der Waals surface area contributed by atoms with Crippen LogP contribution >= 0.6 is 0 Å². The Labute approximate surface area is 82.6 Å². The van der Waals surface area contributed by atoms with Crippen LogP contribution < -0.4 is 10.5 Å². The summed E-state index contributed by atoms with van der Waals surface area (Å²) < 4.78 is 27.1. The molecular weight excluding hydrogens is 202 g/mol. The molecule has 14 heavy (non-hydrogen) atoms. The lowest BCUT2D eigenvalue weighted by atomic mass is 10.3. The summed E-state index contributed by atoms with van der Waals surface area (Å²) in [6, 6.07) is 7.07. The van der Waals surface area contributed by atoms with E-state index in [4.69, 9.17) is 10.5 Å². The van der Waals surface area contributed by atoms with E-state index in [0.717, 1.165) is 0 Å². The third-order valence-corrected chi connectivity index (χ3v) is 3.85. The Kier molecular flexibility index (Phi) is 2.11. The third-order valence-electron chi connectivity index (χ3n) is 2.09. The Bertz CT molecular complexity index is 429. The summed E-state index contributed by atoms with van der Waals surface area (Å²) in [6.45, 7) is 0. The minimum atomic E-state index is -2.83. The predicted octanol–water partition coefficient (Wildman–Crippen LogP) is 0.445. The summed E-state index contributed by atoms with van der Waals surface area (Å²) in [5, 5.41) is 0. The van der Waals surface area contributed by atoms with E-state index in [1.54, 1.807) is 24.3 Å². The average Bonchev–Trinajstić information content (AvgIpc) is 2.05. The van der Waals surface area contributed by atoms with Crippen molar-refractivity contribution in [3.63, 3.8) is 0 Å². The molecule has 4 nitrogen and oxygen atoms in total. The summed E-state index contributed by atoms with van der Waals surface area (Å²) in [4.78, 5) is 0. The molecule has 1 aliphatic heterocycles. The van der Waals surface area contributed by atoms with Crippen molar-refractivity contribution in [2.45, 2.75) is 6.10 Å². The van der Waals surface area contributed by atoms with E-state index in [2.05, 4.69) is 0 Å². The Morgan fingerprint density at radius 1 is 1.29 bits per heavy atom. The predicted molar refractivity (Wildman–Crippen MR) is 53.9 cm³/mol. The van der Waals surface area contributed by atoms with Crippen molar-refractivity contribution in [1.82, 2.24) is 0 Å². The highest BCUT2D eigenvalue weighted by atomic mass is 32.2. The highest BCUT2D eigenvalue weighted by Crippen LogP contribution is 2.24. The van der Waals surface area contributed by atoms with Gasteiger partial charge in [0, 0.05) is 0 Å². The molecule has 5 heteroatoms. The van der Waals surface area contributed by atoms with E-state index in [-0.39, 0.29) is 17.6 Å². The maximum absolute atomic E-state index is 10.9. The number of anilines is 1. The molecule has 1 saturated heterocycles. The molecule has 0 radical (unpaired) electrons. The van der Waals surface area contributed by atoms with Gasteiger partial charge in [-0.3, -0.25) is 0 Å². The van der Waals surface area contributed by atoms with Crippen LogP contribution in [0.15, 0.2) is 24.3 Å². The minimum absolute atomic E-state index is 0.0985. The van der Waals surface area contributed by atoms with E-state index in [9.17, 15) is 8.42 Å². The van der Waals surface area contributed by atoms with Crippen LogP contribution in [0.5, 0.6) is 5.75 Å².